The molecule has 0 radical (unpaired) electrons. The van der Waals surface area contributed by atoms with Gasteiger partial charge in [-0.3, -0.25) is 15.1 Å². The number of carbonyl (C=O) groups is 1. The van der Waals surface area contributed by atoms with Crippen molar-refractivity contribution in [3.8, 4) is 11.5 Å². The average molecular weight is 536 g/mol. The first-order chi connectivity index (χ1) is 17.4. The second kappa shape index (κ2) is 10.2. The van der Waals surface area contributed by atoms with Gasteiger partial charge in [-0.2, -0.15) is 4.99 Å². The zero-order chi connectivity index (χ0) is 25.2. The van der Waals surface area contributed by atoms with Gasteiger partial charge in [-0.1, -0.05) is 77.4 Å². The lowest BCUT2D eigenvalue weighted by Crippen LogP contribution is -2.38. The second-order valence-electron chi connectivity index (χ2n) is 7.88. The predicted molar refractivity (Wildman–Crippen MR) is 146 cm³/mol. The molecule has 2 aliphatic rings. The van der Waals surface area contributed by atoms with Gasteiger partial charge in [-0.25, -0.2) is 0 Å². The van der Waals surface area contributed by atoms with Crippen LogP contribution < -0.4 is 9.47 Å². The largest absolute Gasteiger partial charge is 0.493 e. The summed E-state index contributed by atoms with van der Waals surface area (Å²) in [4.78, 5) is 18.7. The van der Waals surface area contributed by atoms with E-state index < -0.39 is 5.91 Å². The zero-order valence-corrected chi connectivity index (χ0v) is 21.3. The van der Waals surface area contributed by atoms with E-state index in [2.05, 4.69) is 4.99 Å². The summed E-state index contributed by atoms with van der Waals surface area (Å²) in [5.41, 5.74) is 3.48. The lowest BCUT2D eigenvalue weighted by molar-refractivity contribution is -0.114. The van der Waals surface area contributed by atoms with Gasteiger partial charge in [-0.15, -0.1) is 0 Å². The molecule has 0 saturated heterocycles. The Labute approximate surface area is 222 Å². The number of hydrogen-bond donors (Lipinski definition) is 1. The molecule has 1 amide bonds. The van der Waals surface area contributed by atoms with E-state index in [9.17, 15) is 4.79 Å². The van der Waals surface area contributed by atoms with Crippen molar-refractivity contribution in [2.24, 2.45) is 4.99 Å². The quantitative estimate of drug-likeness (QED) is 0.348. The summed E-state index contributed by atoms with van der Waals surface area (Å²) in [6, 6.07) is 20.3. The summed E-state index contributed by atoms with van der Waals surface area (Å²) < 4.78 is 11.4. The highest BCUT2D eigenvalue weighted by molar-refractivity contribution is 8.17. The molecule has 0 aromatic heterocycles. The number of rotatable bonds is 6. The van der Waals surface area contributed by atoms with Crippen molar-refractivity contribution < 1.29 is 14.3 Å². The minimum absolute atomic E-state index is 0.0732. The Morgan fingerprint density at radius 1 is 1.03 bits per heavy atom. The molecule has 0 saturated carbocycles. The van der Waals surface area contributed by atoms with Gasteiger partial charge in [0, 0.05) is 5.41 Å². The smallest absolute Gasteiger partial charge is 0.283 e. The highest BCUT2D eigenvalue weighted by Gasteiger charge is 2.36. The standard InChI is InChI=1S/C27H19Cl2N3O3S/c1-34-24-13-16(8-10-23(24)35-14-17-7-9-20(28)21(29)12-17)11-19-25(30)32-22(18-5-3-2-4-6-18)15-36-27(32)31-26(19)33/h2-13,15,30H,14H2,1H3/b19-11-,30-25?. The number of methoxy groups -OCH3 is 1. The first-order valence-corrected chi connectivity index (χ1v) is 12.5. The highest BCUT2D eigenvalue weighted by Crippen LogP contribution is 2.38. The Bertz CT molecular complexity index is 1470. The van der Waals surface area contributed by atoms with Gasteiger partial charge in [-0.05, 0) is 47.0 Å². The van der Waals surface area contributed by atoms with E-state index >= 15 is 0 Å². The third-order valence-electron chi connectivity index (χ3n) is 5.56. The van der Waals surface area contributed by atoms with Crippen LogP contribution in [0.4, 0.5) is 0 Å². The van der Waals surface area contributed by atoms with Gasteiger partial charge in [0.05, 0.1) is 28.4 Å². The van der Waals surface area contributed by atoms with Crippen molar-refractivity contribution >= 4 is 63.6 Å². The first kappa shape index (κ1) is 24.2. The van der Waals surface area contributed by atoms with E-state index in [0.717, 1.165) is 16.8 Å². The van der Waals surface area contributed by atoms with Crippen LogP contribution in [0.5, 0.6) is 11.5 Å². The minimum Gasteiger partial charge on any atom is -0.493 e. The average Bonchev–Trinajstić information content (AvgIpc) is 3.32. The van der Waals surface area contributed by atoms with Gasteiger partial charge in [0.25, 0.3) is 5.91 Å². The molecule has 6 nitrogen and oxygen atoms in total. The molecule has 180 valence electrons. The maximum absolute atomic E-state index is 12.8. The number of aliphatic imine (C=N–C) groups is 1. The van der Waals surface area contributed by atoms with Crippen molar-refractivity contribution in [1.29, 1.82) is 5.41 Å². The van der Waals surface area contributed by atoms with Crippen molar-refractivity contribution in [2.45, 2.75) is 6.61 Å². The fourth-order valence-corrected chi connectivity index (χ4v) is 4.97. The van der Waals surface area contributed by atoms with Gasteiger partial charge >= 0.3 is 0 Å². The third-order valence-corrected chi connectivity index (χ3v) is 7.13. The topological polar surface area (TPSA) is 75.0 Å². The van der Waals surface area contributed by atoms with Crippen LogP contribution in [0.1, 0.15) is 16.7 Å². The van der Waals surface area contributed by atoms with Crippen LogP contribution in [0.3, 0.4) is 0 Å². The lowest BCUT2D eigenvalue weighted by atomic mass is 10.1. The van der Waals surface area contributed by atoms with Crippen molar-refractivity contribution in [2.75, 3.05) is 7.11 Å². The molecule has 0 fully saturated rings. The van der Waals surface area contributed by atoms with E-state index in [1.165, 1.54) is 11.8 Å². The Balaban J connectivity index is 1.39. The molecule has 2 aliphatic heterocycles. The number of halogens is 2. The monoisotopic (exact) mass is 535 g/mol. The zero-order valence-electron chi connectivity index (χ0n) is 19.0. The number of carbonyl (C=O) groups excluding carboxylic acids is 1. The summed E-state index contributed by atoms with van der Waals surface area (Å²) in [5, 5.41) is 12.1. The fraction of sp³-hybridized carbons (Fsp3) is 0.0741. The van der Waals surface area contributed by atoms with Gasteiger partial charge in [0.2, 0.25) is 0 Å². The van der Waals surface area contributed by atoms with Crippen LogP contribution in [0.25, 0.3) is 11.8 Å². The summed E-state index contributed by atoms with van der Waals surface area (Å²) in [6.45, 7) is 0.273. The molecule has 9 heteroatoms. The normalized spacial score (nSPS) is 16.1. The molecule has 1 N–H and O–H groups in total. The third kappa shape index (κ3) is 4.78. The molecule has 0 unspecified atom stereocenters. The Morgan fingerprint density at radius 2 is 1.83 bits per heavy atom. The number of amidine groups is 2. The number of fused-ring (bicyclic) bond motifs is 1. The van der Waals surface area contributed by atoms with Crippen LogP contribution in [0.2, 0.25) is 10.0 Å². The predicted octanol–water partition coefficient (Wildman–Crippen LogP) is 6.89. The summed E-state index contributed by atoms with van der Waals surface area (Å²) in [5.74, 6) is 0.635. The molecular weight excluding hydrogens is 517 g/mol. The van der Waals surface area contributed by atoms with Crippen LogP contribution >= 0.6 is 35.0 Å². The Kier molecular flexibility index (Phi) is 6.87. The van der Waals surface area contributed by atoms with Gasteiger partial charge in [0.15, 0.2) is 16.7 Å². The maximum atomic E-state index is 12.8. The summed E-state index contributed by atoms with van der Waals surface area (Å²) in [7, 11) is 1.54. The first-order valence-electron chi connectivity index (χ1n) is 10.9. The van der Waals surface area contributed by atoms with E-state index in [-0.39, 0.29) is 18.0 Å². The summed E-state index contributed by atoms with van der Waals surface area (Å²) >= 11 is 13.4. The number of ether oxygens (including phenoxy) is 2. The fourth-order valence-electron chi connectivity index (χ4n) is 3.76. The summed E-state index contributed by atoms with van der Waals surface area (Å²) in [6.07, 6.45) is 1.64. The van der Waals surface area contributed by atoms with Crippen molar-refractivity contribution in [1.82, 2.24) is 4.90 Å². The van der Waals surface area contributed by atoms with Gasteiger partial charge in [0.1, 0.15) is 12.4 Å². The van der Waals surface area contributed by atoms with E-state index in [1.807, 2.05) is 41.8 Å². The molecule has 0 atom stereocenters. The van der Waals surface area contributed by atoms with Crippen LogP contribution in [-0.4, -0.2) is 28.9 Å². The number of nitrogens with one attached hydrogen (secondary N) is 1. The van der Waals surface area contributed by atoms with Crippen molar-refractivity contribution in [3.05, 3.63) is 104 Å². The highest BCUT2D eigenvalue weighted by atomic mass is 35.5. The number of hydrogen-bond acceptors (Lipinski definition) is 5. The van der Waals surface area contributed by atoms with E-state index in [1.54, 1.807) is 48.4 Å². The number of benzene rings is 3. The lowest BCUT2D eigenvalue weighted by Gasteiger charge is -2.27. The molecule has 3 aromatic rings. The van der Waals surface area contributed by atoms with E-state index in [0.29, 0.717) is 32.3 Å². The minimum atomic E-state index is -0.458. The van der Waals surface area contributed by atoms with Gasteiger partial charge < -0.3 is 9.47 Å². The molecule has 5 rings (SSSR count). The number of amides is 1. The van der Waals surface area contributed by atoms with Crippen LogP contribution in [-0.2, 0) is 11.4 Å². The second-order valence-corrected chi connectivity index (χ2v) is 9.53. The molecule has 0 aliphatic carbocycles. The van der Waals surface area contributed by atoms with Crippen LogP contribution in [0.15, 0.2) is 82.7 Å². The Hall–Kier alpha value is -3.52. The molecule has 3 aromatic carbocycles. The molecular formula is C27H19Cl2N3O3S. The molecule has 0 bridgehead atoms. The van der Waals surface area contributed by atoms with Crippen molar-refractivity contribution in [3.63, 3.8) is 0 Å². The number of thioether (sulfide) groups is 1. The SMILES string of the molecule is COc1cc(/C=C2/C(=N)N3C(c4ccccc4)=CSC3=NC2=O)ccc1OCc1ccc(Cl)c(Cl)c1. The van der Waals surface area contributed by atoms with Crippen LogP contribution in [0, 0.1) is 5.41 Å². The number of nitrogens with zero attached hydrogens (tertiary/aromatic N) is 2. The molecule has 0 spiro atoms. The Morgan fingerprint density at radius 3 is 2.58 bits per heavy atom. The van der Waals surface area contributed by atoms with E-state index in [4.69, 9.17) is 38.1 Å². The molecule has 2 heterocycles. The maximum Gasteiger partial charge on any atom is 0.283 e. The molecule has 36 heavy (non-hydrogen) atoms.